The van der Waals surface area contributed by atoms with Crippen LogP contribution in [0.1, 0.15) is 42.6 Å². The fourth-order valence-corrected chi connectivity index (χ4v) is 2.39. The number of hydrogen-bond donors (Lipinski definition) is 1. The summed E-state index contributed by atoms with van der Waals surface area (Å²) < 4.78 is 10.5. The minimum absolute atomic E-state index is 0.291. The first-order valence-electron chi connectivity index (χ1n) is 8.17. The molecule has 0 radical (unpaired) electrons. The molecule has 0 fully saturated rings. The molecule has 0 aromatic heterocycles. The third-order valence-electron chi connectivity index (χ3n) is 3.77. The number of hydrogen-bond acceptors (Lipinski definition) is 4. The normalized spacial score (nSPS) is 11.7. The quantitative estimate of drug-likeness (QED) is 0.807. The van der Waals surface area contributed by atoms with E-state index in [9.17, 15) is 9.59 Å². The van der Waals surface area contributed by atoms with Crippen molar-refractivity contribution in [3.63, 3.8) is 0 Å². The Morgan fingerprint density at radius 1 is 1.00 bits per heavy atom. The standard InChI is InChI=1S/C20H23NO4/c1-13(2)17-10-5-6-11-18(17)25-14(3)19(22)21-16-9-7-8-15(12-16)20(23)24-4/h5-14H,1-4H3,(H,21,22). The van der Waals surface area contributed by atoms with E-state index in [1.165, 1.54) is 7.11 Å². The zero-order chi connectivity index (χ0) is 18.4. The molecule has 1 unspecified atom stereocenters. The predicted octanol–water partition coefficient (Wildman–Crippen LogP) is 4.00. The summed E-state index contributed by atoms with van der Waals surface area (Å²) in [5.41, 5.74) is 1.94. The van der Waals surface area contributed by atoms with Crippen molar-refractivity contribution in [2.75, 3.05) is 12.4 Å². The number of ether oxygens (including phenoxy) is 2. The second-order valence-electron chi connectivity index (χ2n) is 6.01. The number of para-hydroxylation sites is 1. The van der Waals surface area contributed by atoms with Gasteiger partial charge in [-0.2, -0.15) is 0 Å². The zero-order valence-corrected chi connectivity index (χ0v) is 14.9. The van der Waals surface area contributed by atoms with Crippen molar-refractivity contribution in [1.82, 2.24) is 0 Å². The van der Waals surface area contributed by atoms with E-state index in [0.717, 1.165) is 5.56 Å². The van der Waals surface area contributed by atoms with Gasteiger partial charge in [0.2, 0.25) is 0 Å². The maximum Gasteiger partial charge on any atom is 0.337 e. The smallest absolute Gasteiger partial charge is 0.337 e. The van der Waals surface area contributed by atoms with Crippen LogP contribution < -0.4 is 10.1 Å². The number of carbonyl (C=O) groups is 2. The van der Waals surface area contributed by atoms with Crippen molar-refractivity contribution in [3.05, 3.63) is 59.7 Å². The molecule has 0 aliphatic carbocycles. The van der Waals surface area contributed by atoms with E-state index >= 15 is 0 Å². The molecule has 0 heterocycles. The molecule has 0 bridgehead atoms. The lowest BCUT2D eigenvalue weighted by atomic mass is 10.0. The van der Waals surface area contributed by atoms with Gasteiger partial charge in [0.25, 0.3) is 5.91 Å². The highest BCUT2D eigenvalue weighted by Gasteiger charge is 2.18. The zero-order valence-electron chi connectivity index (χ0n) is 14.9. The molecule has 2 rings (SSSR count). The number of benzene rings is 2. The van der Waals surface area contributed by atoms with Crippen LogP contribution in [-0.4, -0.2) is 25.1 Å². The number of nitrogens with one attached hydrogen (secondary N) is 1. The van der Waals surface area contributed by atoms with Gasteiger partial charge in [-0.3, -0.25) is 4.79 Å². The van der Waals surface area contributed by atoms with Crippen LogP contribution in [0.15, 0.2) is 48.5 Å². The van der Waals surface area contributed by atoms with Crippen molar-refractivity contribution >= 4 is 17.6 Å². The fourth-order valence-electron chi connectivity index (χ4n) is 2.39. The molecular formula is C20H23NO4. The van der Waals surface area contributed by atoms with Crippen molar-refractivity contribution in [1.29, 1.82) is 0 Å². The third-order valence-corrected chi connectivity index (χ3v) is 3.77. The Morgan fingerprint density at radius 3 is 2.40 bits per heavy atom. The monoisotopic (exact) mass is 341 g/mol. The molecule has 1 N–H and O–H groups in total. The first kappa shape index (κ1) is 18.5. The van der Waals surface area contributed by atoms with Crippen molar-refractivity contribution in [3.8, 4) is 5.75 Å². The maximum atomic E-state index is 12.4. The molecule has 0 saturated heterocycles. The number of carbonyl (C=O) groups excluding carboxylic acids is 2. The van der Waals surface area contributed by atoms with Gasteiger partial charge in [0.15, 0.2) is 6.10 Å². The summed E-state index contributed by atoms with van der Waals surface area (Å²) in [6, 6.07) is 14.3. The highest BCUT2D eigenvalue weighted by molar-refractivity contribution is 5.96. The van der Waals surface area contributed by atoms with Crippen LogP contribution in [0.4, 0.5) is 5.69 Å². The van der Waals surface area contributed by atoms with Gasteiger partial charge in [-0.05, 0) is 42.7 Å². The van der Waals surface area contributed by atoms with Crippen LogP contribution >= 0.6 is 0 Å². The molecule has 0 saturated carbocycles. The summed E-state index contributed by atoms with van der Waals surface area (Å²) in [4.78, 5) is 24.0. The minimum Gasteiger partial charge on any atom is -0.481 e. The van der Waals surface area contributed by atoms with E-state index in [2.05, 4.69) is 23.9 Å². The average molecular weight is 341 g/mol. The van der Waals surface area contributed by atoms with E-state index in [4.69, 9.17) is 4.74 Å². The first-order valence-corrected chi connectivity index (χ1v) is 8.17. The van der Waals surface area contributed by atoms with Crippen molar-refractivity contribution in [2.45, 2.75) is 32.8 Å². The third kappa shape index (κ3) is 4.83. The summed E-state index contributed by atoms with van der Waals surface area (Å²) in [5, 5.41) is 2.76. The Kier molecular flexibility index (Phi) is 6.17. The molecule has 5 heteroatoms. The number of methoxy groups -OCH3 is 1. The van der Waals surface area contributed by atoms with Crippen LogP contribution in [0, 0.1) is 0 Å². The summed E-state index contributed by atoms with van der Waals surface area (Å²) in [7, 11) is 1.32. The largest absolute Gasteiger partial charge is 0.481 e. The number of anilines is 1. The lowest BCUT2D eigenvalue weighted by molar-refractivity contribution is -0.122. The van der Waals surface area contributed by atoms with Gasteiger partial charge < -0.3 is 14.8 Å². The van der Waals surface area contributed by atoms with E-state index < -0.39 is 12.1 Å². The molecule has 2 aromatic rings. The van der Waals surface area contributed by atoms with Crippen LogP contribution in [0.25, 0.3) is 0 Å². The Morgan fingerprint density at radius 2 is 1.72 bits per heavy atom. The SMILES string of the molecule is COC(=O)c1cccc(NC(=O)C(C)Oc2ccccc2C(C)C)c1. The first-order chi connectivity index (χ1) is 11.9. The van der Waals surface area contributed by atoms with E-state index in [-0.39, 0.29) is 5.91 Å². The van der Waals surface area contributed by atoms with Gasteiger partial charge in [0.05, 0.1) is 12.7 Å². The lowest BCUT2D eigenvalue weighted by Gasteiger charge is -2.18. The second kappa shape index (κ2) is 8.33. The molecule has 132 valence electrons. The van der Waals surface area contributed by atoms with Gasteiger partial charge >= 0.3 is 5.97 Å². The van der Waals surface area contributed by atoms with E-state index in [1.807, 2.05) is 24.3 Å². The van der Waals surface area contributed by atoms with Gasteiger partial charge in [0.1, 0.15) is 5.75 Å². The molecule has 5 nitrogen and oxygen atoms in total. The number of esters is 1. The highest BCUT2D eigenvalue weighted by atomic mass is 16.5. The van der Waals surface area contributed by atoms with Crippen LogP contribution in [0.5, 0.6) is 5.75 Å². The molecule has 0 spiro atoms. The summed E-state index contributed by atoms with van der Waals surface area (Å²) in [5.74, 6) is 0.249. The Hall–Kier alpha value is -2.82. The Labute approximate surface area is 148 Å². The minimum atomic E-state index is -0.679. The molecule has 0 aliphatic rings. The molecule has 1 atom stereocenters. The van der Waals surface area contributed by atoms with Crippen LogP contribution in [-0.2, 0) is 9.53 Å². The molecule has 0 aliphatic heterocycles. The Balaban J connectivity index is 2.07. The molecule has 25 heavy (non-hydrogen) atoms. The lowest BCUT2D eigenvalue weighted by Crippen LogP contribution is -2.30. The Bertz CT molecular complexity index is 755. The van der Waals surface area contributed by atoms with Crippen molar-refractivity contribution < 1.29 is 19.1 Å². The molecule has 1 amide bonds. The van der Waals surface area contributed by atoms with E-state index in [1.54, 1.807) is 31.2 Å². The number of amides is 1. The van der Waals surface area contributed by atoms with Gasteiger partial charge in [-0.15, -0.1) is 0 Å². The summed E-state index contributed by atoms with van der Waals surface area (Å²) in [6.45, 7) is 5.84. The van der Waals surface area contributed by atoms with Crippen molar-refractivity contribution in [2.24, 2.45) is 0 Å². The van der Waals surface area contributed by atoms with Gasteiger partial charge in [-0.25, -0.2) is 4.79 Å². The van der Waals surface area contributed by atoms with Crippen LogP contribution in [0.2, 0.25) is 0 Å². The predicted molar refractivity (Wildman–Crippen MR) is 97.0 cm³/mol. The van der Waals surface area contributed by atoms with Gasteiger partial charge in [0, 0.05) is 5.69 Å². The summed E-state index contributed by atoms with van der Waals surface area (Å²) >= 11 is 0. The molecule has 2 aromatic carbocycles. The highest BCUT2D eigenvalue weighted by Crippen LogP contribution is 2.26. The molecular weight excluding hydrogens is 318 g/mol. The number of rotatable bonds is 6. The second-order valence-corrected chi connectivity index (χ2v) is 6.01. The maximum absolute atomic E-state index is 12.4. The summed E-state index contributed by atoms with van der Waals surface area (Å²) in [6.07, 6.45) is -0.679. The van der Waals surface area contributed by atoms with Gasteiger partial charge in [-0.1, -0.05) is 38.1 Å². The average Bonchev–Trinajstić information content (AvgIpc) is 2.61. The van der Waals surface area contributed by atoms with E-state index in [0.29, 0.717) is 22.9 Å². The fraction of sp³-hybridized carbons (Fsp3) is 0.300. The topological polar surface area (TPSA) is 64.6 Å². The van der Waals surface area contributed by atoms with Crippen LogP contribution in [0.3, 0.4) is 0 Å².